The molecular formula is C25H28N4S. The van der Waals surface area contributed by atoms with Crippen molar-refractivity contribution in [2.24, 2.45) is 0 Å². The summed E-state index contributed by atoms with van der Waals surface area (Å²) in [4.78, 5) is 6.92. The molecule has 154 valence electrons. The maximum absolute atomic E-state index is 5.83. The third-order valence-corrected chi connectivity index (χ3v) is 6.77. The van der Waals surface area contributed by atoms with E-state index in [2.05, 4.69) is 75.5 Å². The molecule has 0 bridgehead atoms. The Morgan fingerprint density at radius 3 is 2.67 bits per heavy atom. The number of anilines is 1. The molecule has 5 rings (SSSR count). The summed E-state index contributed by atoms with van der Waals surface area (Å²) in [5, 5.41) is 4.32. The lowest BCUT2D eigenvalue weighted by atomic mass is 9.95. The fourth-order valence-electron chi connectivity index (χ4n) is 4.96. The van der Waals surface area contributed by atoms with Gasteiger partial charge in [-0.2, -0.15) is 0 Å². The van der Waals surface area contributed by atoms with Gasteiger partial charge in [-0.3, -0.25) is 4.98 Å². The number of rotatable bonds is 4. The molecular weight excluding hydrogens is 388 g/mol. The van der Waals surface area contributed by atoms with Gasteiger partial charge in [-0.15, -0.1) is 0 Å². The van der Waals surface area contributed by atoms with Gasteiger partial charge in [-0.1, -0.05) is 37.5 Å². The first-order chi connectivity index (χ1) is 14.7. The summed E-state index contributed by atoms with van der Waals surface area (Å²) in [5.41, 5.74) is 4.66. The molecule has 1 N–H and O–H groups in total. The molecule has 0 amide bonds. The largest absolute Gasteiger partial charge is 0.351 e. The molecule has 4 nitrogen and oxygen atoms in total. The molecule has 1 saturated carbocycles. The molecule has 2 aromatic heterocycles. The van der Waals surface area contributed by atoms with Crippen LogP contribution in [0, 0.1) is 6.92 Å². The highest BCUT2D eigenvalue weighted by Gasteiger charge is 2.41. The standard InChI is InChI=1S/C25H28N4S/c1-18-8-7-11-21(16-18)29-24(23(27-25(29)30)22-12-5-6-14-26-22)19-13-15-28(17-19)20-9-3-2-4-10-20/h5-8,11-17,20,23-24H,2-4,9-10H2,1H3,(H,27,30). The number of benzene rings is 1. The zero-order valence-electron chi connectivity index (χ0n) is 17.4. The summed E-state index contributed by atoms with van der Waals surface area (Å²) in [6.45, 7) is 2.13. The minimum absolute atomic E-state index is 0.0152. The van der Waals surface area contributed by atoms with Crippen molar-refractivity contribution in [2.45, 2.75) is 57.2 Å². The van der Waals surface area contributed by atoms with E-state index in [0.29, 0.717) is 6.04 Å². The van der Waals surface area contributed by atoms with E-state index in [-0.39, 0.29) is 12.1 Å². The average Bonchev–Trinajstić information content (AvgIpc) is 3.39. The number of hydrogen-bond donors (Lipinski definition) is 1. The molecule has 2 aliphatic rings. The van der Waals surface area contributed by atoms with Crippen LogP contribution in [0.1, 0.15) is 67.1 Å². The lowest BCUT2D eigenvalue weighted by Crippen LogP contribution is -2.29. The number of aromatic nitrogens is 2. The number of aryl methyl sites for hydroxylation is 1. The summed E-state index contributed by atoms with van der Waals surface area (Å²) in [6.07, 6.45) is 13.1. The highest BCUT2D eigenvalue weighted by molar-refractivity contribution is 7.80. The summed E-state index contributed by atoms with van der Waals surface area (Å²) in [5.74, 6) is 0. The van der Waals surface area contributed by atoms with Crippen molar-refractivity contribution >= 4 is 23.0 Å². The summed E-state index contributed by atoms with van der Waals surface area (Å²) in [6, 6.07) is 17.7. The topological polar surface area (TPSA) is 33.1 Å². The molecule has 1 aromatic carbocycles. The Morgan fingerprint density at radius 2 is 1.90 bits per heavy atom. The minimum atomic E-state index is 0.0152. The lowest BCUT2D eigenvalue weighted by Gasteiger charge is -2.28. The van der Waals surface area contributed by atoms with Gasteiger partial charge >= 0.3 is 0 Å². The molecule has 2 fully saturated rings. The van der Waals surface area contributed by atoms with Crippen LogP contribution in [-0.4, -0.2) is 14.7 Å². The molecule has 1 saturated heterocycles. The van der Waals surface area contributed by atoms with Crippen molar-refractivity contribution in [1.29, 1.82) is 0 Å². The highest BCUT2D eigenvalue weighted by atomic mass is 32.1. The fourth-order valence-corrected chi connectivity index (χ4v) is 5.31. The molecule has 30 heavy (non-hydrogen) atoms. The molecule has 3 heterocycles. The van der Waals surface area contributed by atoms with Crippen molar-refractivity contribution < 1.29 is 0 Å². The molecule has 0 radical (unpaired) electrons. The maximum Gasteiger partial charge on any atom is 0.174 e. The van der Waals surface area contributed by atoms with E-state index >= 15 is 0 Å². The van der Waals surface area contributed by atoms with Gasteiger partial charge in [-0.05, 0) is 73.4 Å². The van der Waals surface area contributed by atoms with E-state index in [9.17, 15) is 0 Å². The van der Waals surface area contributed by atoms with Crippen LogP contribution in [0.5, 0.6) is 0 Å². The van der Waals surface area contributed by atoms with E-state index in [4.69, 9.17) is 12.2 Å². The Morgan fingerprint density at radius 1 is 1.03 bits per heavy atom. The minimum Gasteiger partial charge on any atom is -0.351 e. The van der Waals surface area contributed by atoms with Crippen molar-refractivity contribution in [3.63, 3.8) is 0 Å². The third-order valence-electron chi connectivity index (χ3n) is 6.45. The number of thiocarbonyl (C=S) groups is 1. The Hall–Kier alpha value is -2.66. The molecule has 0 spiro atoms. The van der Waals surface area contributed by atoms with Crippen LogP contribution < -0.4 is 10.2 Å². The Bertz CT molecular complexity index is 1020. The Balaban J connectivity index is 1.56. The van der Waals surface area contributed by atoms with Gasteiger partial charge in [0.1, 0.15) is 0 Å². The van der Waals surface area contributed by atoms with E-state index in [0.717, 1.165) is 16.5 Å². The first kappa shape index (κ1) is 19.3. The van der Waals surface area contributed by atoms with Crippen LogP contribution in [0.4, 0.5) is 5.69 Å². The highest BCUT2D eigenvalue weighted by Crippen LogP contribution is 2.42. The van der Waals surface area contributed by atoms with Gasteiger partial charge in [0, 0.05) is 30.3 Å². The second-order valence-electron chi connectivity index (χ2n) is 8.52. The average molecular weight is 417 g/mol. The zero-order chi connectivity index (χ0) is 20.5. The molecule has 5 heteroatoms. The van der Waals surface area contributed by atoms with Crippen LogP contribution in [0.2, 0.25) is 0 Å². The molecule has 2 atom stereocenters. The van der Waals surface area contributed by atoms with Crippen LogP contribution in [-0.2, 0) is 0 Å². The molecule has 3 aromatic rings. The molecule has 1 aliphatic heterocycles. The zero-order valence-corrected chi connectivity index (χ0v) is 18.2. The molecule has 2 unspecified atom stereocenters. The SMILES string of the molecule is Cc1cccc(N2C(=S)NC(c3ccccn3)C2c2ccn(C3CCCCC3)c2)c1. The Labute approximate surface area is 183 Å². The van der Waals surface area contributed by atoms with Gasteiger partial charge in [0.15, 0.2) is 5.11 Å². The molecule has 1 aliphatic carbocycles. The monoisotopic (exact) mass is 416 g/mol. The predicted molar refractivity (Wildman–Crippen MR) is 126 cm³/mol. The number of nitrogens with zero attached hydrogens (tertiary/aromatic N) is 3. The number of pyridine rings is 1. The smallest absolute Gasteiger partial charge is 0.174 e. The van der Waals surface area contributed by atoms with Gasteiger partial charge in [-0.25, -0.2) is 0 Å². The normalized spacial score (nSPS) is 22.3. The quantitative estimate of drug-likeness (QED) is 0.539. The predicted octanol–water partition coefficient (Wildman–Crippen LogP) is 5.87. The Kier molecular flexibility index (Phi) is 5.30. The van der Waals surface area contributed by atoms with E-state index in [1.807, 2.05) is 18.3 Å². The van der Waals surface area contributed by atoms with E-state index < -0.39 is 0 Å². The second-order valence-corrected chi connectivity index (χ2v) is 8.91. The van der Waals surface area contributed by atoms with Crippen LogP contribution in [0.3, 0.4) is 0 Å². The lowest BCUT2D eigenvalue weighted by molar-refractivity contribution is 0.353. The first-order valence-electron chi connectivity index (χ1n) is 11.0. The summed E-state index contributed by atoms with van der Waals surface area (Å²) in [7, 11) is 0. The van der Waals surface area contributed by atoms with Crippen molar-refractivity contribution in [3.05, 3.63) is 83.9 Å². The van der Waals surface area contributed by atoms with Crippen molar-refractivity contribution in [1.82, 2.24) is 14.9 Å². The summed E-state index contributed by atoms with van der Waals surface area (Å²) < 4.78 is 2.43. The van der Waals surface area contributed by atoms with Gasteiger partial charge in [0.2, 0.25) is 0 Å². The van der Waals surface area contributed by atoms with Gasteiger partial charge < -0.3 is 14.8 Å². The maximum atomic E-state index is 5.83. The van der Waals surface area contributed by atoms with Crippen LogP contribution in [0.25, 0.3) is 0 Å². The van der Waals surface area contributed by atoms with Gasteiger partial charge in [0.05, 0.1) is 17.8 Å². The van der Waals surface area contributed by atoms with Gasteiger partial charge in [0.25, 0.3) is 0 Å². The first-order valence-corrected chi connectivity index (χ1v) is 11.4. The number of hydrogen-bond acceptors (Lipinski definition) is 2. The number of nitrogens with one attached hydrogen (secondary N) is 1. The van der Waals surface area contributed by atoms with E-state index in [1.165, 1.54) is 43.2 Å². The van der Waals surface area contributed by atoms with E-state index in [1.54, 1.807) is 0 Å². The van der Waals surface area contributed by atoms with Crippen molar-refractivity contribution in [2.75, 3.05) is 4.90 Å². The summed E-state index contributed by atoms with van der Waals surface area (Å²) >= 11 is 5.83. The fraction of sp³-hybridized carbons (Fsp3) is 0.360. The van der Waals surface area contributed by atoms with Crippen LogP contribution in [0.15, 0.2) is 67.1 Å². The second kappa shape index (κ2) is 8.23. The third kappa shape index (κ3) is 3.63. The van der Waals surface area contributed by atoms with Crippen LogP contribution >= 0.6 is 12.2 Å². The van der Waals surface area contributed by atoms with Crippen molar-refractivity contribution in [3.8, 4) is 0 Å².